The molecule has 23 heavy (non-hydrogen) atoms. The van der Waals surface area contributed by atoms with E-state index in [1.54, 1.807) is 30.3 Å². The van der Waals surface area contributed by atoms with Crippen LogP contribution >= 0.6 is 0 Å². The third-order valence-corrected chi connectivity index (χ3v) is 2.81. The van der Waals surface area contributed by atoms with Crippen LogP contribution in [0.4, 0.5) is 0 Å². The number of nitrogens with zero attached hydrogens (tertiary/aromatic N) is 2. The highest BCUT2D eigenvalue weighted by molar-refractivity contribution is 6.00. The molecule has 0 unspecified atom stereocenters. The van der Waals surface area contributed by atoms with Gasteiger partial charge in [-0.2, -0.15) is 0 Å². The molecule has 0 atom stereocenters. The van der Waals surface area contributed by atoms with Crippen molar-refractivity contribution in [3.05, 3.63) is 79.9 Å². The lowest BCUT2D eigenvalue weighted by Crippen LogP contribution is -2.11. The fraction of sp³-hybridized carbons (Fsp3) is 0.0714. The van der Waals surface area contributed by atoms with Gasteiger partial charge in [0.05, 0.1) is 0 Å². The Balaban J connectivity index is 2.30. The van der Waals surface area contributed by atoms with Crippen molar-refractivity contribution in [1.29, 1.82) is 0 Å². The van der Waals surface area contributed by atoms with E-state index in [2.05, 4.69) is 9.68 Å². The van der Waals surface area contributed by atoms with Gasteiger partial charge in [-0.1, -0.05) is 30.3 Å². The Hall–Kier alpha value is -3.49. The summed E-state index contributed by atoms with van der Waals surface area (Å²) in [5.41, 5.74) is 0.649. The topological polar surface area (TPSA) is 122 Å². The fourth-order valence-corrected chi connectivity index (χ4v) is 1.91. The SMILES string of the molecule is O=C(Cc1ccccc1)c1ccc(O[N+](=O)[O-])cc1O[N+](=O)[O-]. The van der Waals surface area contributed by atoms with Gasteiger partial charge in [-0.3, -0.25) is 14.5 Å². The molecule has 0 aliphatic heterocycles. The third kappa shape index (κ3) is 4.49. The minimum Gasteiger partial charge on any atom is -0.294 e. The van der Waals surface area contributed by atoms with Crippen molar-refractivity contribution < 1.29 is 24.6 Å². The average Bonchev–Trinajstić information content (AvgIpc) is 2.47. The van der Waals surface area contributed by atoms with Gasteiger partial charge in [0.25, 0.3) is 10.2 Å². The predicted molar refractivity (Wildman–Crippen MR) is 76.2 cm³/mol. The molecule has 0 saturated heterocycles. The summed E-state index contributed by atoms with van der Waals surface area (Å²) in [5, 5.41) is 18.7. The lowest BCUT2D eigenvalue weighted by Gasteiger charge is -2.08. The van der Waals surface area contributed by atoms with Crippen LogP contribution in [0.15, 0.2) is 48.5 Å². The monoisotopic (exact) mass is 318 g/mol. The molecule has 0 amide bonds. The molecule has 0 fully saturated rings. The van der Waals surface area contributed by atoms with Crippen LogP contribution in [0.2, 0.25) is 0 Å². The second-order valence-corrected chi connectivity index (χ2v) is 4.37. The molecule has 0 heterocycles. The molecular formula is C14H10N2O7. The zero-order valence-corrected chi connectivity index (χ0v) is 11.6. The van der Waals surface area contributed by atoms with Gasteiger partial charge in [-0.15, -0.1) is 20.2 Å². The molecule has 9 nitrogen and oxygen atoms in total. The van der Waals surface area contributed by atoms with Crippen LogP contribution < -0.4 is 9.68 Å². The highest BCUT2D eigenvalue weighted by Gasteiger charge is 2.17. The first-order valence-electron chi connectivity index (χ1n) is 6.31. The number of carbonyl (C=O) groups is 1. The van der Waals surface area contributed by atoms with Crippen molar-refractivity contribution in [2.45, 2.75) is 6.42 Å². The highest BCUT2D eigenvalue weighted by Crippen LogP contribution is 2.26. The summed E-state index contributed by atoms with van der Waals surface area (Å²) in [6.07, 6.45) is 0.00432. The molecule has 2 aromatic carbocycles. The summed E-state index contributed by atoms with van der Waals surface area (Å²) >= 11 is 0. The average molecular weight is 318 g/mol. The van der Waals surface area contributed by atoms with Gasteiger partial charge in [0.15, 0.2) is 5.78 Å². The van der Waals surface area contributed by atoms with E-state index in [0.717, 1.165) is 17.7 Å². The second kappa shape index (κ2) is 6.98. The van der Waals surface area contributed by atoms with Crippen molar-refractivity contribution >= 4 is 5.78 Å². The predicted octanol–water partition coefficient (Wildman–Crippen LogP) is 2.25. The Labute approximate surface area is 129 Å². The summed E-state index contributed by atoms with van der Waals surface area (Å²) in [4.78, 5) is 41.6. The Morgan fingerprint density at radius 2 is 1.61 bits per heavy atom. The Kier molecular flexibility index (Phi) is 4.82. The first-order chi connectivity index (χ1) is 11.0. The maximum Gasteiger partial charge on any atom is 0.299 e. The molecule has 2 aromatic rings. The molecule has 2 rings (SSSR count). The fourth-order valence-electron chi connectivity index (χ4n) is 1.91. The molecule has 0 spiro atoms. The highest BCUT2D eigenvalue weighted by atomic mass is 17.0. The largest absolute Gasteiger partial charge is 0.299 e. The van der Waals surface area contributed by atoms with Crippen LogP contribution in [0.25, 0.3) is 0 Å². The molecule has 0 radical (unpaired) electrons. The first kappa shape index (κ1) is 15.9. The van der Waals surface area contributed by atoms with Gasteiger partial charge in [0, 0.05) is 12.0 Å². The maximum absolute atomic E-state index is 12.3. The molecule has 0 aliphatic carbocycles. The summed E-state index contributed by atoms with van der Waals surface area (Å²) < 4.78 is 0. The standard InChI is InChI=1S/C14H10N2O7/c17-13(8-10-4-2-1-3-5-10)12-7-6-11(22-15(18)19)9-14(12)23-16(20)21/h1-7,9H,8H2. The third-order valence-electron chi connectivity index (χ3n) is 2.81. The number of benzene rings is 2. The summed E-state index contributed by atoms with van der Waals surface area (Å²) in [7, 11) is 0. The number of rotatable bonds is 7. The molecule has 9 heteroatoms. The van der Waals surface area contributed by atoms with Gasteiger partial charge >= 0.3 is 0 Å². The molecular weight excluding hydrogens is 308 g/mol. The van der Waals surface area contributed by atoms with Crippen LogP contribution in [-0.4, -0.2) is 16.0 Å². The van der Waals surface area contributed by atoms with Crippen molar-refractivity contribution in [2.24, 2.45) is 0 Å². The number of hydrogen-bond acceptors (Lipinski definition) is 7. The van der Waals surface area contributed by atoms with Crippen LogP contribution in [0.5, 0.6) is 11.5 Å². The Morgan fingerprint density at radius 1 is 0.957 bits per heavy atom. The minimum atomic E-state index is -1.11. The van der Waals surface area contributed by atoms with Gasteiger partial charge in [-0.25, -0.2) is 0 Å². The van der Waals surface area contributed by atoms with Crippen molar-refractivity contribution in [2.75, 3.05) is 0 Å². The second-order valence-electron chi connectivity index (χ2n) is 4.37. The minimum absolute atomic E-state index is 0.00432. The van der Waals surface area contributed by atoms with Crippen molar-refractivity contribution in [3.63, 3.8) is 0 Å². The van der Waals surface area contributed by atoms with E-state index in [0.29, 0.717) is 0 Å². The van der Waals surface area contributed by atoms with E-state index < -0.39 is 21.7 Å². The van der Waals surface area contributed by atoms with E-state index in [4.69, 9.17) is 0 Å². The quantitative estimate of drug-likeness (QED) is 0.436. The lowest BCUT2D eigenvalue weighted by molar-refractivity contribution is -0.713. The van der Waals surface area contributed by atoms with Crippen LogP contribution in [0.3, 0.4) is 0 Å². The van der Waals surface area contributed by atoms with Crippen molar-refractivity contribution in [3.8, 4) is 11.5 Å². The van der Waals surface area contributed by atoms with Crippen LogP contribution in [0.1, 0.15) is 15.9 Å². The number of carbonyl (C=O) groups excluding carboxylic acids is 1. The lowest BCUT2D eigenvalue weighted by atomic mass is 10.0. The van der Waals surface area contributed by atoms with E-state index in [-0.39, 0.29) is 17.7 Å². The van der Waals surface area contributed by atoms with Gasteiger partial charge in [0.2, 0.25) is 0 Å². The summed E-state index contributed by atoms with van der Waals surface area (Å²) in [5.74, 6) is -1.14. The first-order valence-corrected chi connectivity index (χ1v) is 6.31. The number of ketones is 1. The van der Waals surface area contributed by atoms with E-state index >= 15 is 0 Å². The van der Waals surface area contributed by atoms with Crippen LogP contribution in [-0.2, 0) is 6.42 Å². The Bertz CT molecular complexity index is 746. The molecule has 0 N–H and O–H groups in total. The van der Waals surface area contributed by atoms with Crippen molar-refractivity contribution in [1.82, 2.24) is 0 Å². The van der Waals surface area contributed by atoms with E-state index in [1.807, 2.05) is 0 Å². The van der Waals surface area contributed by atoms with E-state index in [1.165, 1.54) is 6.07 Å². The number of hydrogen-bond donors (Lipinski definition) is 0. The van der Waals surface area contributed by atoms with Gasteiger partial charge in [-0.05, 0) is 23.8 Å². The zero-order valence-electron chi connectivity index (χ0n) is 11.6. The zero-order chi connectivity index (χ0) is 16.8. The molecule has 0 bridgehead atoms. The molecule has 118 valence electrons. The van der Waals surface area contributed by atoms with Gasteiger partial charge < -0.3 is 0 Å². The molecule has 0 aromatic heterocycles. The normalized spacial score (nSPS) is 9.91. The molecule has 0 aliphatic rings. The van der Waals surface area contributed by atoms with Crippen LogP contribution in [0, 0.1) is 20.2 Å². The van der Waals surface area contributed by atoms with E-state index in [9.17, 15) is 25.0 Å². The van der Waals surface area contributed by atoms with Gasteiger partial charge in [0.1, 0.15) is 11.5 Å². The summed E-state index contributed by atoms with van der Waals surface area (Å²) in [6.45, 7) is 0. The molecule has 0 saturated carbocycles. The Morgan fingerprint density at radius 3 is 2.22 bits per heavy atom. The smallest absolute Gasteiger partial charge is 0.294 e. The maximum atomic E-state index is 12.3. The summed E-state index contributed by atoms with van der Waals surface area (Å²) in [6, 6.07) is 12.0. The number of Topliss-reactive ketones (excluding diaryl/α,β-unsaturated/α-hetero) is 1.